The average Bonchev–Trinajstić information content (AvgIpc) is 2.61. The number of rotatable bonds is 6. The highest BCUT2D eigenvalue weighted by atomic mass is 35.5. The molecule has 0 spiro atoms. The van der Waals surface area contributed by atoms with E-state index in [0.29, 0.717) is 12.1 Å². The summed E-state index contributed by atoms with van der Waals surface area (Å²) in [5.74, 6) is -0.759. The number of nitrogens with zero attached hydrogens (tertiary/aromatic N) is 1. The Morgan fingerprint density at radius 1 is 1.20 bits per heavy atom. The number of carboxylic acids is 1. The summed E-state index contributed by atoms with van der Waals surface area (Å²) in [5.41, 5.74) is 1.28. The van der Waals surface area contributed by atoms with E-state index in [1.165, 1.54) is 24.8 Å². The molecule has 1 aliphatic heterocycles. The van der Waals surface area contributed by atoms with Gasteiger partial charge >= 0.3 is 5.97 Å². The lowest BCUT2D eigenvalue weighted by Gasteiger charge is -2.37. The van der Waals surface area contributed by atoms with Gasteiger partial charge in [-0.2, -0.15) is 0 Å². The molecule has 1 atom stereocenters. The monoisotopic (exact) mass is 364 g/mol. The second-order valence-electron chi connectivity index (χ2n) is 7.55. The predicted molar refractivity (Wildman–Crippen MR) is 101 cm³/mol. The molecule has 2 fully saturated rings. The van der Waals surface area contributed by atoms with E-state index in [2.05, 4.69) is 22.3 Å². The van der Waals surface area contributed by atoms with Crippen molar-refractivity contribution >= 4 is 17.6 Å². The Kier molecular flexibility index (Phi) is 6.74. The lowest BCUT2D eigenvalue weighted by atomic mass is 9.86. The zero-order valence-corrected chi connectivity index (χ0v) is 15.5. The Labute approximate surface area is 155 Å². The van der Waals surface area contributed by atoms with Crippen molar-refractivity contribution in [3.05, 3.63) is 34.9 Å². The van der Waals surface area contributed by atoms with Gasteiger partial charge in [0.05, 0.1) is 5.92 Å². The molecule has 1 saturated carbocycles. The smallest absolute Gasteiger partial charge is 0.306 e. The third kappa shape index (κ3) is 5.44. The van der Waals surface area contributed by atoms with Crippen molar-refractivity contribution in [2.24, 2.45) is 5.92 Å². The standard InChI is InChI=1S/C20H29ClN2O2/c21-17-5-3-4-15(12-17)14-23-11-2-1-6-19(23)13-22-18-9-7-16(8-10-18)20(24)25/h3-5,12,16,18-19,22H,1-2,6-11,13-14H2,(H,24,25). The maximum absolute atomic E-state index is 11.1. The highest BCUT2D eigenvalue weighted by Gasteiger charge is 2.27. The van der Waals surface area contributed by atoms with Gasteiger partial charge in [-0.25, -0.2) is 0 Å². The number of benzene rings is 1. The third-order valence-corrected chi connectivity index (χ3v) is 5.98. The van der Waals surface area contributed by atoms with Crippen LogP contribution in [-0.2, 0) is 11.3 Å². The van der Waals surface area contributed by atoms with E-state index in [1.54, 1.807) is 0 Å². The lowest BCUT2D eigenvalue weighted by Crippen LogP contribution is -2.47. The second kappa shape index (κ2) is 9.02. The molecule has 0 amide bonds. The highest BCUT2D eigenvalue weighted by molar-refractivity contribution is 6.30. The summed E-state index contributed by atoms with van der Waals surface area (Å²) in [6, 6.07) is 9.20. The van der Waals surface area contributed by atoms with Crippen molar-refractivity contribution in [1.29, 1.82) is 0 Å². The van der Waals surface area contributed by atoms with Crippen LogP contribution in [0.5, 0.6) is 0 Å². The molecule has 1 aliphatic carbocycles. The maximum atomic E-state index is 11.1. The fraction of sp³-hybridized carbons (Fsp3) is 0.650. The van der Waals surface area contributed by atoms with E-state index in [-0.39, 0.29) is 5.92 Å². The number of carboxylic acid groups (broad SMARTS) is 1. The average molecular weight is 365 g/mol. The number of hydrogen-bond acceptors (Lipinski definition) is 3. The van der Waals surface area contributed by atoms with Crippen LogP contribution < -0.4 is 5.32 Å². The Balaban J connectivity index is 1.49. The molecule has 5 heteroatoms. The number of hydrogen-bond donors (Lipinski definition) is 2. The number of likely N-dealkylation sites (tertiary alicyclic amines) is 1. The van der Waals surface area contributed by atoms with Crippen LogP contribution in [0.15, 0.2) is 24.3 Å². The zero-order valence-electron chi connectivity index (χ0n) is 14.8. The molecule has 1 aromatic carbocycles. The number of halogens is 1. The summed E-state index contributed by atoms with van der Waals surface area (Å²) >= 11 is 6.12. The fourth-order valence-electron chi connectivity index (χ4n) is 4.22. The van der Waals surface area contributed by atoms with E-state index in [0.717, 1.165) is 50.3 Å². The molecule has 0 bridgehead atoms. The zero-order chi connectivity index (χ0) is 17.6. The first-order chi connectivity index (χ1) is 12.1. The molecule has 2 N–H and O–H groups in total. The molecule has 1 saturated heterocycles. The van der Waals surface area contributed by atoms with Gasteiger partial charge in [-0.05, 0) is 62.8 Å². The first-order valence-electron chi connectivity index (χ1n) is 9.56. The van der Waals surface area contributed by atoms with Gasteiger partial charge in [-0.1, -0.05) is 30.2 Å². The number of piperidine rings is 1. The van der Waals surface area contributed by atoms with E-state index in [1.807, 2.05) is 12.1 Å². The molecule has 25 heavy (non-hydrogen) atoms. The van der Waals surface area contributed by atoms with Crippen LogP contribution in [0.1, 0.15) is 50.5 Å². The first kappa shape index (κ1) is 18.7. The first-order valence-corrected chi connectivity index (χ1v) is 9.94. The van der Waals surface area contributed by atoms with E-state index in [4.69, 9.17) is 16.7 Å². The number of nitrogens with one attached hydrogen (secondary N) is 1. The minimum absolute atomic E-state index is 0.132. The summed E-state index contributed by atoms with van der Waals surface area (Å²) in [5, 5.41) is 13.6. The van der Waals surface area contributed by atoms with E-state index >= 15 is 0 Å². The molecule has 138 valence electrons. The van der Waals surface area contributed by atoms with Gasteiger partial charge < -0.3 is 10.4 Å². The van der Waals surface area contributed by atoms with Crippen molar-refractivity contribution < 1.29 is 9.90 Å². The van der Waals surface area contributed by atoms with Crippen LogP contribution >= 0.6 is 11.6 Å². The molecular weight excluding hydrogens is 336 g/mol. The van der Waals surface area contributed by atoms with Crippen LogP contribution in [0.25, 0.3) is 0 Å². The Bertz CT molecular complexity index is 573. The molecule has 1 aromatic rings. The molecule has 0 radical (unpaired) electrons. The van der Waals surface area contributed by atoms with E-state index < -0.39 is 5.97 Å². The van der Waals surface area contributed by atoms with Crippen molar-refractivity contribution in [2.45, 2.75) is 63.6 Å². The number of carbonyl (C=O) groups is 1. The molecule has 2 aliphatic rings. The topological polar surface area (TPSA) is 52.6 Å². The quantitative estimate of drug-likeness (QED) is 0.803. The SMILES string of the molecule is O=C(O)C1CCC(NCC2CCCCN2Cc2cccc(Cl)c2)CC1. The van der Waals surface area contributed by atoms with Gasteiger partial charge in [0.1, 0.15) is 0 Å². The maximum Gasteiger partial charge on any atom is 0.306 e. The molecule has 1 unspecified atom stereocenters. The van der Waals surface area contributed by atoms with Crippen LogP contribution in [0, 0.1) is 5.92 Å². The largest absolute Gasteiger partial charge is 0.481 e. The second-order valence-corrected chi connectivity index (χ2v) is 7.98. The van der Waals surface area contributed by atoms with Gasteiger partial charge in [0.2, 0.25) is 0 Å². The van der Waals surface area contributed by atoms with Gasteiger partial charge in [0.15, 0.2) is 0 Å². The van der Waals surface area contributed by atoms with Crippen molar-refractivity contribution in [3.8, 4) is 0 Å². The molecular formula is C20H29ClN2O2. The van der Waals surface area contributed by atoms with Crippen molar-refractivity contribution in [2.75, 3.05) is 13.1 Å². The normalized spacial score (nSPS) is 28.0. The Morgan fingerprint density at radius 3 is 2.72 bits per heavy atom. The van der Waals surface area contributed by atoms with Crippen LogP contribution in [0.2, 0.25) is 5.02 Å². The Hall–Kier alpha value is -1.10. The Morgan fingerprint density at radius 2 is 2.00 bits per heavy atom. The van der Waals surface area contributed by atoms with Crippen LogP contribution in [-0.4, -0.2) is 41.1 Å². The molecule has 1 heterocycles. The summed E-state index contributed by atoms with van der Waals surface area (Å²) in [4.78, 5) is 13.6. The summed E-state index contributed by atoms with van der Waals surface area (Å²) in [6.07, 6.45) is 7.38. The van der Waals surface area contributed by atoms with E-state index in [9.17, 15) is 4.79 Å². The fourth-order valence-corrected chi connectivity index (χ4v) is 4.43. The van der Waals surface area contributed by atoms with Gasteiger partial charge in [-0.15, -0.1) is 0 Å². The minimum Gasteiger partial charge on any atom is -0.481 e. The van der Waals surface area contributed by atoms with Crippen molar-refractivity contribution in [3.63, 3.8) is 0 Å². The molecule has 4 nitrogen and oxygen atoms in total. The van der Waals surface area contributed by atoms with Crippen molar-refractivity contribution in [1.82, 2.24) is 10.2 Å². The third-order valence-electron chi connectivity index (χ3n) is 5.74. The summed E-state index contributed by atoms with van der Waals surface area (Å²) in [7, 11) is 0. The minimum atomic E-state index is -0.626. The van der Waals surface area contributed by atoms with Gasteiger partial charge in [0, 0.05) is 30.2 Å². The van der Waals surface area contributed by atoms with Crippen LogP contribution in [0.4, 0.5) is 0 Å². The van der Waals surface area contributed by atoms with Crippen LogP contribution in [0.3, 0.4) is 0 Å². The summed E-state index contributed by atoms with van der Waals surface area (Å²) < 4.78 is 0. The number of aliphatic carboxylic acids is 1. The predicted octanol–water partition coefficient (Wildman–Crippen LogP) is 3.93. The molecule has 0 aromatic heterocycles. The highest BCUT2D eigenvalue weighted by Crippen LogP contribution is 2.25. The lowest BCUT2D eigenvalue weighted by molar-refractivity contribution is -0.142. The van der Waals surface area contributed by atoms with Gasteiger partial charge in [0.25, 0.3) is 0 Å². The van der Waals surface area contributed by atoms with Gasteiger partial charge in [-0.3, -0.25) is 9.69 Å². The molecule has 3 rings (SSSR count). The summed E-state index contributed by atoms with van der Waals surface area (Å²) in [6.45, 7) is 3.10.